The molecule has 3 N–H and O–H groups in total. The zero-order valence-electron chi connectivity index (χ0n) is 13.7. The molecule has 25 heavy (non-hydrogen) atoms. The van der Waals surface area contributed by atoms with Gasteiger partial charge in [0, 0.05) is 35.8 Å². The Kier molecular flexibility index (Phi) is 8.73. The summed E-state index contributed by atoms with van der Waals surface area (Å²) in [5.41, 5.74) is 8.26. The largest absolute Gasteiger partial charge is 0.398 e. The van der Waals surface area contributed by atoms with Gasteiger partial charge < -0.3 is 11.1 Å². The number of hydrogen-bond donors (Lipinski definition) is 2. The summed E-state index contributed by atoms with van der Waals surface area (Å²) in [6.07, 6.45) is 0.967. The highest BCUT2D eigenvalue weighted by Gasteiger charge is 2.24. The number of nitrogen functional groups attached to an aromatic ring is 1. The van der Waals surface area contributed by atoms with Gasteiger partial charge in [0.1, 0.15) is 0 Å². The number of hydrogen-bond acceptors (Lipinski definition) is 3. The van der Waals surface area contributed by atoms with Crippen LogP contribution in [0.5, 0.6) is 0 Å². The van der Waals surface area contributed by atoms with Gasteiger partial charge in [-0.2, -0.15) is 0 Å². The van der Waals surface area contributed by atoms with Crippen LogP contribution in [0.25, 0.3) is 0 Å². The lowest BCUT2D eigenvalue weighted by Crippen LogP contribution is -2.37. The first-order chi connectivity index (χ1) is 11.1. The van der Waals surface area contributed by atoms with Crippen LogP contribution in [0.15, 0.2) is 53.0 Å². The topological polar surface area (TPSA) is 58.4 Å². The van der Waals surface area contributed by atoms with Crippen molar-refractivity contribution >= 4 is 52.3 Å². The maximum Gasteiger partial charge on any atom is 0.253 e. The van der Waals surface area contributed by atoms with Gasteiger partial charge in [0.2, 0.25) is 0 Å². The van der Waals surface area contributed by atoms with Gasteiger partial charge in [-0.1, -0.05) is 46.3 Å². The average Bonchev–Trinajstić information content (AvgIpc) is 2.95. The molecule has 4 nitrogen and oxygen atoms in total. The molecule has 3 rings (SSSR count). The molecule has 0 aromatic heterocycles. The molecule has 1 aliphatic heterocycles. The normalized spacial score (nSPS) is 16.6. The van der Waals surface area contributed by atoms with Gasteiger partial charge in [-0.25, -0.2) is 0 Å². The van der Waals surface area contributed by atoms with Crippen LogP contribution in [0.3, 0.4) is 0 Å². The fourth-order valence-corrected chi connectivity index (χ4v) is 3.32. The van der Waals surface area contributed by atoms with Crippen molar-refractivity contribution in [1.29, 1.82) is 0 Å². The van der Waals surface area contributed by atoms with Crippen LogP contribution in [0, 0.1) is 0 Å². The Labute approximate surface area is 169 Å². The summed E-state index contributed by atoms with van der Waals surface area (Å²) in [7, 11) is 0. The number of halogens is 3. The molecule has 0 bridgehead atoms. The maximum absolute atomic E-state index is 12.4. The van der Waals surface area contributed by atoms with Crippen molar-refractivity contribution in [1.82, 2.24) is 10.2 Å². The minimum Gasteiger partial charge on any atom is -0.398 e. The molecule has 2 aromatic rings. The van der Waals surface area contributed by atoms with Crippen LogP contribution in [-0.4, -0.2) is 29.9 Å². The number of benzene rings is 2. The Hall–Kier alpha value is -1.27. The third-order valence-electron chi connectivity index (χ3n) is 4.11. The summed E-state index contributed by atoms with van der Waals surface area (Å²) >= 11 is 3.35. The number of anilines is 1. The number of carbonyl (C=O) groups is 1. The first kappa shape index (κ1) is 21.8. The van der Waals surface area contributed by atoms with Crippen molar-refractivity contribution in [3.8, 4) is 0 Å². The fourth-order valence-electron chi connectivity index (χ4n) is 2.94. The highest BCUT2D eigenvalue weighted by atomic mass is 79.9. The standard InChI is InChI=1S/C18H20BrN3O.2ClH/c19-14-6-7-16(17(20)10-14)18(23)21-15-8-9-22(12-15)11-13-4-2-1-3-5-13;;/h1-7,10,15H,8-9,11-12,20H2,(H,21,23);2*1H. The summed E-state index contributed by atoms with van der Waals surface area (Å²) in [4.78, 5) is 14.7. The molecule has 136 valence electrons. The van der Waals surface area contributed by atoms with Crippen molar-refractivity contribution in [2.24, 2.45) is 0 Å². The number of likely N-dealkylation sites (tertiary alicyclic amines) is 1. The van der Waals surface area contributed by atoms with Crippen LogP contribution in [0.1, 0.15) is 22.3 Å². The first-order valence-electron chi connectivity index (χ1n) is 7.74. The number of rotatable bonds is 4. The van der Waals surface area contributed by atoms with Gasteiger partial charge in [-0.3, -0.25) is 9.69 Å². The molecule has 1 amide bonds. The van der Waals surface area contributed by atoms with E-state index < -0.39 is 0 Å². The van der Waals surface area contributed by atoms with E-state index in [1.165, 1.54) is 5.56 Å². The minimum absolute atomic E-state index is 0. The van der Waals surface area contributed by atoms with Crippen LogP contribution in [-0.2, 0) is 6.54 Å². The van der Waals surface area contributed by atoms with Crippen LogP contribution in [0.4, 0.5) is 5.69 Å². The second-order valence-electron chi connectivity index (χ2n) is 5.91. The molecule has 2 aromatic carbocycles. The van der Waals surface area contributed by atoms with Crippen LogP contribution >= 0.6 is 40.7 Å². The Bertz CT molecular complexity index is 700. The molecule has 1 unspecified atom stereocenters. The summed E-state index contributed by atoms with van der Waals surface area (Å²) in [6, 6.07) is 15.9. The zero-order chi connectivity index (χ0) is 16.2. The van der Waals surface area contributed by atoms with Crippen molar-refractivity contribution in [2.45, 2.75) is 19.0 Å². The van der Waals surface area contributed by atoms with E-state index in [1.807, 2.05) is 12.1 Å². The van der Waals surface area contributed by atoms with E-state index in [0.717, 1.165) is 30.5 Å². The van der Waals surface area contributed by atoms with Gasteiger partial charge >= 0.3 is 0 Å². The third kappa shape index (κ3) is 5.89. The number of nitrogens with two attached hydrogens (primary N) is 1. The predicted molar refractivity (Wildman–Crippen MR) is 111 cm³/mol. The van der Waals surface area contributed by atoms with Crippen molar-refractivity contribution in [2.75, 3.05) is 18.8 Å². The van der Waals surface area contributed by atoms with E-state index in [9.17, 15) is 4.79 Å². The lowest BCUT2D eigenvalue weighted by molar-refractivity contribution is 0.0938. The molecule has 0 radical (unpaired) electrons. The van der Waals surface area contributed by atoms with Crippen LogP contribution in [0.2, 0.25) is 0 Å². The Morgan fingerprint density at radius 1 is 1.20 bits per heavy atom. The number of carbonyl (C=O) groups excluding carboxylic acids is 1. The molecule has 1 heterocycles. The Balaban J connectivity index is 0.00000156. The average molecular weight is 447 g/mol. The minimum atomic E-state index is -0.0958. The number of nitrogens with zero attached hydrogens (tertiary/aromatic N) is 1. The van der Waals surface area contributed by atoms with E-state index >= 15 is 0 Å². The Morgan fingerprint density at radius 2 is 1.92 bits per heavy atom. The number of amides is 1. The molecule has 0 spiro atoms. The van der Waals surface area contributed by atoms with E-state index in [-0.39, 0.29) is 36.8 Å². The third-order valence-corrected chi connectivity index (χ3v) is 4.61. The monoisotopic (exact) mass is 445 g/mol. The van der Waals surface area contributed by atoms with Gasteiger partial charge in [0.05, 0.1) is 5.56 Å². The zero-order valence-corrected chi connectivity index (χ0v) is 16.9. The Morgan fingerprint density at radius 3 is 2.60 bits per heavy atom. The molecule has 7 heteroatoms. The molecular formula is C18H22BrCl2N3O. The van der Waals surface area contributed by atoms with Crippen molar-refractivity contribution in [3.63, 3.8) is 0 Å². The van der Waals surface area contributed by atoms with Crippen molar-refractivity contribution < 1.29 is 4.79 Å². The van der Waals surface area contributed by atoms with E-state index in [2.05, 4.69) is 50.4 Å². The lowest BCUT2D eigenvalue weighted by atomic mass is 10.1. The predicted octanol–water partition coefficient (Wildman–Crippen LogP) is 3.88. The second-order valence-corrected chi connectivity index (χ2v) is 6.83. The van der Waals surface area contributed by atoms with Crippen molar-refractivity contribution in [3.05, 3.63) is 64.1 Å². The lowest BCUT2D eigenvalue weighted by Gasteiger charge is -2.17. The number of nitrogens with one attached hydrogen (secondary N) is 1. The van der Waals surface area contributed by atoms with Gasteiger partial charge in [0.25, 0.3) is 5.91 Å². The van der Waals surface area contributed by atoms with Gasteiger partial charge in [-0.15, -0.1) is 24.8 Å². The first-order valence-corrected chi connectivity index (χ1v) is 8.53. The second kappa shape index (κ2) is 10.0. The molecule has 1 saturated heterocycles. The fraction of sp³-hybridized carbons (Fsp3) is 0.278. The smallest absolute Gasteiger partial charge is 0.253 e. The summed E-state index contributed by atoms with van der Waals surface area (Å²) < 4.78 is 0.876. The molecular weight excluding hydrogens is 425 g/mol. The summed E-state index contributed by atoms with van der Waals surface area (Å²) in [5, 5.41) is 3.10. The van der Waals surface area contributed by atoms with E-state index in [1.54, 1.807) is 12.1 Å². The van der Waals surface area contributed by atoms with E-state index in [0.29, 0.717) is 11.3 Å². The molecule has 1 fully saturated rings. The molecule has 1 aliphatic rings. The molecule has 0 saturated carbocycles. The van der Waals surface area contributed by atoms with Gasteiger partial charge in [-0.05, 0) is 30.2 Å². The maximum atomic E-state index is 12.4. The highest BCUT2D eigenvalue weighted by Crippen LogP contribution is 2.19. The van der Waals surface area contributed by atoms with Gasteiger partial charge in [0.15, 0.2) is 0 Å². The van der Waals surface area contributed by atoms with Crippen LogP contribution < -0.4 is 11.1 Å². The SMILES string of the molecule is Cl.Cl.Nc1cc(Br)ccc1C(=O)NC1CCN(Cc2ccccc2)C1. The highest BCUT2D eigenvalue weighted by molar-refractivity contribution is 9.10. The summed E-state index contributed by atoms with van der Waals surface area (Å²) in [6.45, 7) is 2.79. The molecule has 1 atom stereocenters. The summed E-state index contributed by atoms with van der Waals surface area (Å²) in [5.74, 6) is -0.0958. The molecule has 0 aliphatic carbocycles. The van der Waals surface area contributed by atoms with E-state index in [4.69, 9.17) is 5.73 Å². The quantitative estimate of drug-likeness (QED) is 0.700.